The molecule has 36 heavy (non-hydrogen) atoms. The van der Waals surface area contributed by atoms with Gasteiger partial charge < -0.3 is 14.9 Å². The van der Waals surface area contributed by atoms with E-state index < -0.39 is 29.3 Å². The molecule has 0 aliphatic carbocycles. The Kier molecular flexibility index (Phi) is 9.84. The Hall–Kier alpha value is -3.43. The molecular formula is C27H29F3N2O4. The number of hydrogen-bond acceptors (Lipinski definition) is 5. The molecule has 0 aliphatic heterocycles. The molecule has 192 valence electrons. The van der Waals surface area contributed by atoms with E-state index in [4.69, 9.17) is 4.74 Å². The summed E-state index contributed by atoms with van der Waals surface area (Å²) in [4.78, 5) is 17.7. The van der Waals surface area contributed by atoms with Crippen LogP contribution in [-0.2, 0) is 11.2 Å². The first-order valence-corrected chi connectivity index (χ1v) is 11.6. The van der Waals surface area contributed by atoms with Crippen LogP contribution >= 0.6 is 0 Å². The van der Waals surface area contributed by atoms with E-state index >= 15 is 0 Å². The molecule has 0 fully saturated rings. The van der Waals surface area contributed by atoms with E-state index in [1.54, 1.807) is 29.2 Å². The Morgan fingerprint density at radius 1 is 1.17 bits per heavy atom. The summed E-state index contributed by atoms with van der Waals surface area (Å²) in [5, 5.41) is 19.8. The number of ether oxygens (including phenoxy) is 1. The molecule has 1 aromatic heterocycles. The highest BCUT2D eigenvalue weighted by molar-refractivity contribution is 5.83. The van der Waals surface area contributed by atoms with Crippen LogP contribution in [0.15, 0.2) is 48.7 Å². The van der Waals surface area contributed by atoms with Crippen molar-refractivity contribution in [2.45, 2.75) is 19.3 Å². The van der Waals surface area contributed by atoms with Crippen LogP contribution < -0.4 is 4.74 Å². The number of carbonyl (C=O) groups is 1. The summed E-state index contributed by atoms with van der Waals surface area (Å²) in [6.07, 6.45) is 5.20. The van der Waals surface area contributed by atoms with E-state index in [2.05, 4.69) is 4.98 Å². The van der Waals surface area contributed by atoms with Gasteiger partial charge in [0.1, 0.15) is 23.2 Å². The second kappa shape index (κ2) is 13.0. The Morgan fingerprint density at radius 3 is 2.69 bits per heavy atom. The Labute approximate surface area is 207 Å². The second-order valence-electron chi connectivity index (χ2n) is 8.45. The smallest absolute Gasteiger partial charge is 0.307 e. The molecule has 1 atom stereocenters. The van der Waals surface area contributed by atoms with Crippen LogP contribution in [0.2, 0.25) is 0 Å². The van der Waals surface area contributed by atoms with Gasteiger partial charge in [-0.3, -0.25) is 14.7 Å². The third kappa shape index (κ3) is 7.29. The normalized spacial score (nSPS) is 12.5. The summed E-state index contributed by atoms with van der Waals surface area (Å²) < 4.78 is 47.0. The summed E-state index contributed by atoms with van der Waals surface area (Å²) in [6.45, 7) is 0.399. The number of halogens is 3. The first-order chi connectivity index (χ1) is 17.3. The van der Waals surface area contributed by atoms with Crippen LogP contribution in [-0.4, -0.2) is 59.4 Å². The molecule has 9 heteroatoms. The molecule has 2 N–H and O–H groups in total. The zero-order valence-electron chi connectivity index (χ0n) is 20.0. The molecule has 0 amide bonds. The van der Waals surface area contributed by atoms with Crippen LogP contribution in [0.1, 0.15) is 24.0 Å². The number of aromatic nitrogens is 1. The Bertz CT molecular complexity index is 1220. The standard InChI is InChI=1S/C27H29F3N2O4/c1-36-21-8-10-26-23(15-21)22(25(30)16-31-26)6-2-4-19(27(34)35)17-32(12-13-33)11-3-5-18-14-20(28)7-9-24(18)29/h3,5,7-10,14-16,19,33H,2,4,6,11-13,17H2,1H3,(H,34,35)/b5-3+/t19-/m0/s1. The molecule has 0 saturated heterocycles. The van der Waals surface area contributed by atoms with Gasteiger partial charge in [-0.1, -0.05) is 12.2 Å². The molecular weight excluding hydrogens is 473 g/mol. The highest BCUT2D eigenvalue weighted by atomic mass is 19.1. The molecule has 0 saturated carbocycles. The van der Waals surface area contributed by atoms with E-state index in [1.807, 2.05) is 0 Å². The molecule has 0 spiro atoms. The number of hydrogen-bond donors (Lipinski definition) is 2. The topological polar surface area (TPSA) is 82.9 Å². The number of aliphatic carboxylic acids is 1. The highest BCUT2D eigenvalue weighted by Gasteiger charge is 2.21. The average molecular weight is 503 g/mol. The minimum absolute atomic E-state index is 0.0805. The summed E-state index contributed by atoms with van der Waals surface area (Å²) in [7, 11) is 1.52. The number of aryl methyl sites for hydroxylation is 1. The third-order valence-electron chi connectivity index (χ3n) is 5.98. The predicted molar refractivity (Wildman–Crippen MR) is 131 cm³/mol. The molecule has 3 rings (SSSR count). The molecule has 2 aromatic carbocycles. The molecule has 0 unspecified atom stereocenters. The summed E-state index contributed by atoms with van der Waals surface area (Å²) >= 11 is 0. The van der Waals surface area contributed by atoms with Gasteiger partial charge in [-0.2, -0.15) is 0 Å². The summed E-state index contributed by atoms with van der Waals surface area (Å²) in [5.74, 6) is -2.78. The minimum atomic E-state index is -1.00. The van der Waals surface area contributed by atoms with Gasteiger partial charge in [0.2, 0.25) is 0 Å². The SMILES string of the molecule is COc1ccc2ncc(F)c(CCC[C@@H](CN(C/C=C/c3cc(F)ccc3F)CCO)C(=O)O)c2c1. The number of rotatable bonds is 13. The number of methoxy groups -OCH3 is 1. The fourth-order valence-corrected chi connectivity index (χ4v) is 4.08. The maximum Gasteiger partial charge on any atom is 0.307 e. The molecule has 0 aliphatic rings. The quantitative estimate of drug-likeness (QED) is 0.353. The van der Waals surface area contributed by atoms with Crippen molar-refractivity contribution in [2.24, 2.45) is 5.92 Å². The van der Waals surface area contributed by atoms with Gasteiger partial charge in [-0.15, -0.1) is 0 Å². The fourth-order valence-electron chi connectivity index (χ4n) is 4.08. The number of pyridine rings is 1. The number of fused-ring (bicyclic) bond motifs is 1. The molecule has 6 nitrogen and oxygen atoms in total. The zero-order valence-corrected chi connectivity index (χ0v) is 20.0. The monoisotopic (exact) mass is 502 g/mol. The van der Waals surface area contributed by atoms with Gasteiger partial charge in [-0.25, -0.2) is 13.2 Å². The van der Waals surface area contributed by atoms with Gasteiger partial charge in [0, 0.05) is 30.6 Å². The van der Waals surface area contributed by atoms with Crippen molar-refractivity contribution < 1.29 is 32.9 Å². The van der Waals surface area contributed by atoms with Crippen molar-refractivity contribution in [3.05, 3.63) is 77.2 Å². The number of carboxylic acids is 1. The Morgan fingerprint density at radius 2 is 1.97 bits per heavy atom. The van der Waals surface area contributed by atoms with Crippen LogP contribution in [0, 0.1) is 23.4 Å². The number of carboxylic acid groups (broad SMARTS) is 1. The predicted octanol–water partition coefficient (Wildman–Crippen LogP) is 4.69. The van der Waals surface area contributed by atoms with Gasteiger partial charge in [0.05, 0.1) is 31.3 Å². The van der Waals surface area contributed by atoms with Crippen molar-refractivity contribution >= 4 is 22.9 Å². The molecule has 0 radical (unpaired) electrons. The van der Waals surface area contributed by atoms with Crippen molar-refractivity contribution in [3.63, 3.8) is 0 Å². The van der Waals surface area contributed by atoms with Crippen molar-refractivity contribution in [1.82, 2.24) is 9.88 Å². The van der Waals surface area contributed by atoms with Crippen molar-refractivity contribution in [1.29, 1.82) is 0 Å². The fraction of sp³-hybridized carbons (Fsp3) is 0.333. The molecule has 0 bridgehead atoms. The lowest BCUT2D eigenvalue weighted by molar-refractivity contribution is -0.142. The maximum absolute atomic E-state index is 14.6. The zero-order chi connectivity index (χ0) is 26.1. The van der Waals surface area contributed by atoms with Gasteiger partial charge in [-0.05, 0) is 61.2 Å². The molecule has 1 heterocycles. The minimum Gasteiger partial charge on any atom is -0.497 e. The largest absolute Gasteiger partial charge is 0.497 e. The van der Waals surface area contributed by atoms with Crippen molar-refractivity contribution in [2.75, 3.05) is 33.4 Å². The second-order valence-corrected chi connectivity index (χ2v) is 8.45. The van der Waals surface area contributed by atoms with E-state index in [9.17, 15) is 28.2 Å². The number of aliphatic hydroxyl groups excluding tert-OH is 1. The number of aliphatic hydroxyl groups is 1. The lowest BCUT2D eigenvalue weighted by Crippen LogP contribution is -2.35. The van der Waals surface area contributed by atoms with Crippen LogP contribution in [0.3, 0.4) is 0 Å². The van der Waals surface area contributed by atoms with Gasteiger partial charge in [0.15, 0.2) is 0 Å². The summed E-state index contributed by atoms with van der Waals surface area (Å²) in [5.41, 5.74) is 1.16. The van der Waals surface area contributed by atoms with Crippen molar-refractivity contribution in [3.8, 4) is 5.75 Å². The maximum atomic E-state index is 14.6. The molecule has 3 aromatic rings. The van der Waals surface area contributed by atoms with E-state index in [0.717, 1.165) is 24.4 Å². The van der Waals surface area contributed by atoms with Crippen LogP contribution in [0.5, 0.6) is 5.75 Å². The van der Waals surface area contributed by atoms with Gasteiger partial charge >= 0.3 is 5.97 Å². The van der Waals surface area contributed by atoms with Crippen LogP contribution in [0.25, 0.3) is 17.0 Å². The summed E-state index contributed by atoms with van der Waals surface area (Å²) in [6, 6.07) is 8.33. The Balaban J connectivity index is 1.65. The highest BCUT2D eigenvalue weighted by Crippen LogP contribution is 2.26. The van der Waals surface area contributed by atoms with E-state index in [1.165, 1.54) is 13.2 Å². The number of nitrogens with zero attached hydrogens (tertiary/aromatic N) is 2. The first kappa shape index (κ1) is 27.2. The average Bonchev–Trinajstić information content (AvgIpc) is 2.86. The van der Waals surface area contributed by atoms with E-state index in [0.29, 0.717) is 35.1 Å². The first-order valence-electron chi connectivity index (χ1n) is 11.6. The third-order valence-corrected chi connectivity index (χ3v) is 5.98. The van der Waals surface area contributed by atoms with Gasteiger partial charge in [0.25, 0.3) is 0 Å². The van der Waals surface area contributed by atoms with E-state index in [-0.39, 0.29) is 38.2 Å². The van der Waals surface area contributed by atoms with Crippen LogP contribution in [0.4, 0.5) is 13.2 Å². The lowest BCUT2D eigenvalue weighted by Gasteiger charge is -2.24. The lowest BCUT2D eigenvalue weighted by atomic mass is 9.97. The number of benzene rings is 2.